The quantitative estimate of drug-likeness (QED) is 0.791. The molecule has 0 atom stereocenters. The molecule has 1 N–H and O–H groups in total. The van der Waals surface area contributed by atoms with E-state index < -0.39 is 0 Å². The molecule has 0 saturated heterocycles. The Bertz CT molecular complexity index is 471. The first-order chi connectivity index (χ1) is 8.79. The summed E-state index contributed by atoms with van der Waals surface area (Å²) in [5.74, 6) is 0. The van der Waals surface area contributed by atoms with Gasteiger partial charge in [0.15, 0.2) is 0 Å². The predicted octanol–water partition coefficient (Wildman–Crippen LogP) is 2.74. The van der Waals surface area contributed by atoms with Crippen molar-refractivity contribution in [3.05, 3.63) is 53.3 Å². The first-order valence-electron chi connectivity index (χ1n) is 6.56. The third kappa shape index (κ3) is 3.44. The molecule has 96 valence electrons. The Morgan fingerprint density at radius 1 is 1.11 bits per heavy atom. The van der Waals surface area contributed by atoms with Crippen LogP contribution in [0.15, 0.2) is 36.5 Å². The molecule has 2 rings (SSSR count). The Kier molecular flexibility index (Phi) is 4.53. The molecule has 0 bridgehead atoms. The summed E-state index contributed by atoms with van der Waals surface area (Å²) in [6.07, 6.45) is 3.02. The summed E-state index contributed by atoms with van der Waals surface area (Å²) in [5.41, 5.74) is 3.83. The molecular formula is C15H21N3. The van der Waals surface area contributed by atoms with E-state index in [1.807, 2.05) is 16.9 Å². The third-order valence-electron chi connectivity index (χ3n) is 3.04. The maximum Gasteiger partial charge on any atom is 0.0662 e. The normalized spacial score (nSPS) is 10.8. The number of aryl methyl sites for hydroxylation is 1. The highest BCUT2D eigenvalue weighted by Gasteiger charge is 1.99. The first-order valence-corrected chi connectivity index (χ1v) is 6.56. The van der Waals surface area contributed by atoms with Gasteiger partial charge in [0.1, 0.15) is 0 Å². The molecule has 0 saturated carbocycles. The first kappa shape index (κ1) is 12.8. The van der Waals surface area contributed by atoms with Crippen LogP contribution in [0.1, 0.15) is 30.2 Å². The van der Waals surface area contributed by atoms with Gasteiger partial charge in [0.25, 0.3) is 0 Å². The Morgan fingerprint density at radius 3 is 2.44 bits per heavy atom. The second-order valence-electron chi connectivity index (χ2n) is 4.62. The van der Waals surface area contributed by atoms with E-state index in [4.69, 9.17) is 0 Å². The van der Waals surface area contributed by atoms with E-state index in [0.29, 0.717) is 0 Å². The number of aromatic nitrogens is 2. The van der Waals surface area contributed by atoms with Crippen molar-refractivity contribution in [1.29, 1.82) is 0 Å². The van der Waals surface area contributed by atoms with Gasteiger partial charge >= 0.3 is 0 Å². The molecule has 0 aliphatic carbocycles. The summed E-state index contributed by atoms with van der Waals surface area (Å²) in [4.78, 5) is 0. The van der Waals surface area contributed by atoms with E-state index in [-0.39, 0.29) is 0 Å². The van der Waals surface area contributed by atoms with Gasteiger partial charge < -0.3 is 5.32 Å². The highest BCUT2D eigenvalue weighted by atomic mass is 15.3. The third-order valence-corrected chi connectivity index (χ3v) is 3.04. The standard InChI is InChI=1S/C15H21N3/c1-3-9-16-11-14-4-6-15(7-5-14)12-18-13(2)8-10-17-18/h4-8,10,16H,3,9,11-12H2,1-2H3. The van der Waals surface area contributed by atoms with E-state index in [1.165, 1.54) is 23.2 Å². The molecule has 18 heavy (non-hydrogen) atoms. The molecule has 1 aromatic heterocycles. The summed E-state index contributed by atoms with van der Waals surface area (Å²) in [5, 5.41) is 7.71. The summed E-state index contributed by atoms with van der Waals surface area (Å²) < 4.78 is 2.02. The molecule has 0 amide bonds. The van der Waals surface area contributed by atoms with Crippen LogP contribution in [-0.4, -0.2) is 16.3 Å². The number of nitrogens with one attached hydrogen (secondary N) is 1. The lowest BCUT2D eigenvalue weighted by Gasteiger charge is -2.07. The minimum absolute atomic E-state index is 0.849. The lowest BCUT2D eigenvalue weighted by Crippen LogP contribution is -2.13. The zero-order valence-electron chi connectivity index (χ0n) is 11.2. The molecule has 0 unspecified atom stereocenters. The van der Waals surface area contributed by atoms with E-state index in [9.17, 15) is 0 Å². The number of hydrogen-bond donors (Lipinski definition) is 1. The molecule has 0 aliphatic rings. The number of nitrogens with zero attached hydrogens (tertiary/aromatic N) is 2. The molecule has 3 nitrogen and oxygen atoms in total. The number of rotatable bonds is 6. The Balaban J connectivity index is 1.93. The second-order valence-corrected chi connectivity index (χ2v) is 4.62. The highest BCUT2D eigenvalue weighted by molar-refractivity contribution is 5.23. The summed E-state index contributed by atoms with van der Waals surface area (Å²) in [6, 6.07) is 10.8. The van der Waals surface area contributed by atoms with Gasteiger partial charge in [-0.3, -0.25) is 4.68 Å². The zero-order chi connectivity index (χ0) is 12.8. The molecular weight excluding hydrogens is 222 g/mol. The van der Waals surface area contributed by atoms with Crippen molar-refractivity contribution in [2.45, 2.75) is 33.4 Å². The fraction of sp³-hybridized carbons (Fsp3) is 0.400. The summed E-state index contributed by atoms with van der Waals surface area (Å²) in [7, 11) is 0. The minimum atomic E-state index is 0.849. The van der Waals surface area contributed by atoms with Gasteiger partial charge in [-0.2, -0.15) is 5.10 Å². The van der Waals surface area contributed by atoms with Crippen LogP contribution in [0.2, 0.25) is 0 Å². The van der Waals surface area contributed by atoms with Crippen molar-refractivity contribution in [3.8, 4) is 0 Å². The Hall–Kier alpha value is -1.61. The fourth-order valence-electron chi connectivity index (χ4n) is 1.91. The fourth-order valence-corrected chi connectivity index (χ4v) is 1.91. The lowest BCUT2D eigenvalue weighted by molar-refractivity contribution is 0.662. The van der Waals surface area contributed by atoms with E-state index in [2.05, 4.69) is 48.5 Å². The molecule has 0 aliphatic heterocycles. The molecule has 0 spiro atoms. The van der Waals surface area contributed by atoms with Crippen molar-refractivity contribution in [3.63, 3.8) is 0 Å². The van der Waals surface area contributed by atoms with Gasteiger partial charge in [0.2, 0.25) is 0 Å². The van der Waals surface area contributed by atoms with Crippen LogP contribution in [0.5, 0.6) is 0 Å². The van der Waals surface area contributed by atoms with Crippen LogP contribution >= 0.6 is 0 Å². The molecule has 2 aromatic rings. The van der Waals surface area contributed by atoms with Crippen molar-refractivity contribution < 1.29 is 0 Å². The van der Waals surface area contributed by atoms with Gasteiger partial charge in [0, 0.05) is 18.4 Å². The van der Waals surface area contributed by atoms with Crippen molar-refractivity contribution in [1.82, 2.24) is 15.1 Å². The predicted molar refractivity (Wildman–Crippen MR) is 74.5 cm³/mol. The highest BCUT2D eigenvalue weighted by Crippen LogP contribution is 2.07. The van der Waals surface area contributed by atoms with Gasteiger partial charge in [0.05, 0.1) is 6.54 Å². The summed E-state index contributed by atoms with van der Waals surface area (Å²) in [6.45, 7) is 7.14. The van der Waals surface area contributed by atoms with Crippen molar-refractivity contribution in [2.75, 3.05) is 6.54 Å². The molecule has 1 aromatic carbocycles. The monoisotopic (exact) mass is 243 g/mol. The maximum atomic E-state index is 4.30. The van der Waals surface area contributed by atoms with Crippen LogP contribution in [0.3, 0.4) is 0 Å². The van der Waals surface area contributed by atoms with Crippen LogP contribution in [0, 0.1) is 6.92 Å². The van der Waals surface area contributed by atoms with E-state index >= 15 is 0 Å². The Labute approximate surface area is 109 Å². The van der Waals surface area contributed by atoms with Crippen molar-refractivity contribution in [2.24, 2.45) is 0 Å². The topological polar surface area (TPSA) is 29.9 Å². The van der Waals surface area contributed by atoms with Crippen LogP contribution in [0.4, 0.5) is 0 Å². The Morgan fingerprint density at radius 2 is 1.83 bits per heavy atom. The summed E-state index contributed by atoms with van der Waals surface area (Å²) >= 11 is 0. The maximum absolute atomic E-state index is 4.30. The molecule has 0 radical (unpaired) electrons. The lowest BCUT2D eigenvalue weighted by atomic mass is 10.1. The SMILES string of the molecule is CCCNCc1ccc(Cn2nccc2C)cc1. The number of benzene rings is 1. The molecule has 3 heteroatoms. The average molecular weight is 243 g/mol. The van der Waals surface area contributed by atoms with Gasteiger partial charge in [-0.05, 0) is 37.1 Å². The van der Waals surface area contributed by atoms with E-state index in [0.717, 1.165) is 19.6 Å². The molecule has 1 heterocycles. The van der Waals surface area contributed by atoms with Crippen LogP contribution in [-0.2, 0) is 13.1 Å². The van der Waals surface area contributed by atoms with Gasteiger partial charge in [-0.25, -0.2) is 0 Å². The van der Waals surface area contributed by atoms with Gasteiger partial charge in [-0.15, -0.1) is 0 Å². The van der Waals surface area contributed by atoms with Crippen LogP contribution < -0.4 is 5.32 Å². The van der Waals surface area contributed by atoms with E-state index in [1.54, 1.807) is 0 Å². The minimum Gasteiger partial charge on any atom is -0.313 e. The van der Waals surface area contributed by atoms with Gasteiger partial charge in [-0.1, -0.05) is 31.2 Å². The van der Waals surface area contributed by atoms with Crippen molar-refractivity contribution >= 4 is 0 Å². The van der Waals surface area contributed by atoms with Crippen LogP contribution in [0.25, 0.3) is 0 Å². The zero-order valence-corrected chi connectivity index (χ0v) is 11.2. The largest absolute Gasteiger partial charge is 0.313 e. The molecule has 0 fully saturated rings. The second kappa shape index (κ2) is 6.36. The number of hydrogen-bond acceptors (Lipinski definition) is 2. The smallest absolute Gasteiger partial charge is 0.0662 e. The average Bonchev–Trinajstić information content (AvgIpc) is 2.78.